The summed E-state index contributed by atoms with van der Waals surface area (Å²) in [5.74, 6) is 1.62. The molecule has 0 N–H and O–H groups in total. The van der Waals surface area contributed by atoms with Gasteiger partial charge in [0, 0.05) is 144 Å². The predicted molar refractivity (Wildman–Crippen MR) is 545 cm³/mol. The lowest BCUT2D eigenvalue weighted by atomic mass is 9.75. The van der Waals surface area contributed by atoms with E-state index in [2.05, 4.69) is 542 Å². The highest BCUT2D eigenvalue weighted by atomic mass is 15.2. The minimum absolute atomic E-state index is 0.0335. The zero-order valence-corrected chi connectivity index (χ0v) is 92.1. The van der Waals surface area contributed by atoms with Crippen LogP contribution in [0.3, 0.4) is 0 Å². The molecule has 7 heterocycles. The predicted octanol–water partition coefficient (Wildman–Crippen LogP) is 28.9. The zero-order valence-electron chi connectivity index (χ0n) is 92.1. The summed E-state index contributed by atoms with van der Waals surface area (Å²) in [6.07, 6.45) is 24.5. The van der Waals surface area contributed by atoms with Crippen molar-refractivity contribution in [1.29, 1.82) is 0 Å². The van der Waals surface area contributed by atoms with Crippen LogP contribution in [0.1, 0.15) is 466 Å². The molecule has 127 heavy (non-hydrogen) atoms. The van der Waals surface area contributed by atoms with Crippen LogP contribution in [0.25, 0.3) is 0 Å². The molecule has 710 valence electrons. The molecule has 9 aromatic rings. The number of hydrogen-bond acceptors (Lipinski definition) is 13. The molecule has 7 aromatic heterocycles. The summed E-state index contributed by atoms with van der Waals surface area (Å²) in [4.78, 5) is 39.5. The van der Waals surface area contributed by atoms with E-state index in [9.17, 15) is 0 Å². The van der Waals surface area contributed by atoms with Crippen molar-refractivity contribution >= 4 is 0 Å². The maximum Gasteiger partial charge on any atom is 0.233 e. The van der Waals surface area contributed by atoms with E-state index >= 15 is 0 Å². The van der Waals surface area contributed by atoms with Crippen molar-refractivity contribution in [3.63, 3.8) is 0 Å². The van der Waals surface area contributed by atoms with Crippen LogP contribution in [-0.4, -0.2) is 65.3 Å². The lowest BCUT2D eigenvalue weighted by Crippen LogP contribution is -2.56. The van der Waals surface area contributed by atoms with Gasteiger partial charge in [-0.3, -0.25) is 24.9 Å². The minimum atomic E-state index is -0.0335. The van der Waals surface area contributed by atoms with Crippen molar-refractivity contribution in [2.45, 2.75) is 473 Å². The number of hydrogen-bond donors (Lipinski definition) is 0. The van der Waals surface area contributed by atoms with E-state index in [-0.39, 0.29) is 92.3 Å². The Balaban J connectivity index is 0.00000140. The van der Waals surface area contributed by atoms with Gasteiger partial charge >= 0.3 is 0 Å². The molecule has 0 saturated heterocycles. The van der Waals surface area contributed by atoms with Gasteiger partial charge in [-0.15, -0.1) is 10.2 Å². The van der Waals surface area contributed by atoms with E-state index in [1.54, 1.807) is 31.1 Å². The third-order valence-electron chi connectivity index (χ3n) is 19.5. The van der Waals surface area contributed by atoms with Crippen molar-refractivity contribution in [3.8, 4) is 0 Å². The van der Waals surface area contributed by atoms with Gasteiger partial charge in [0.2, 0.25) is 24.8 Å². The second kappa shape index (κ2) is 45.7. The van der Waals surface area contributed by atoms with Gasteiger partial charge < -0.3 is 0 Å². The molecular weight excluding hydrogens is 1560 g/mol. The number of benzene rings is 2. The maximum absolute atomic E-state index is 4.72. The maximum atomic E-state index is 4.72. The van der Waals surface area contributed by atoms with Crippen molar-refractivity contribution in [1.82, 2.24) is 65.3 Å². The fraction of sp³-hybridized carbons (Fsp3) is 0.652. The van der Waals surface area contributed by atoms with Crippen molar-refractivity contribution in [3.05, 3.63) is 232 Å². The normalized spacial score (nSPS) is 12.8. The van der Waals surface area contributed by atoms with Gasteiger partial charge in [-0.1, -0.05) is 394 Å². The molecule has 0 aliphatic rings. The quantitative estimate of drug-likeness (QED) is 0.131. The van der Waals surface area contributed by atoms with Gasteiger partial charge in [0.05, 0.1) is 46.6 Å². The van der Waals surface area contributed by atoms with E-state index in [0.717, 1.165) is 45.8 Å². The number of nitrogens with zero attached hydrogens (tertiary/aromatic N) is 15. The molecule has 0 unspecified atom stereocenters. The topological polar surface area (TPSA) is 175 Å². The highest BCUT2D eigenvalue weighted by molar-refractivity contribution is 5.38. The molecule has 0 aliphatic carbocycles. The van der Waals surface area contributed by atoms with Crippen LogP contribution >= 0.6 is 0 Å². The Hall–Kier alpha value is -8.07. The summed E-state index contributed by atoms with van der Waals surface area (Å²) in [6, 6.07) is 24.1. The van der Waals surface area contributed by atoms with E-state index in [1.807, 2.05) is 24.8 Å². The van der Waals surface area contributed by atoms with E-state index in [0.29, 0.717) is 5.41 Å². The van der Waals surface area contributed by atoms with Crippen LogP contribution in [0.15, 0.2) is 147 Å². The van der Waals surface area contributed by atoms with Crippen LogP contribution in [0.4, 0.5) is 0 Å². The second-order valence-electron chi connectivity index (χ2n) is 53.0. The monoisotopic (exact) mass is 1740 g/mol. The first-order chi connectivity index (χ1) is 56.3. The number of pyridine rings is 1. The average molecular weight is 1750 g/mol. The first-order valence-electron chi connectivity index (χ1n) is 46.3. The molecule has 0 radical (unpaired) electrons. The van der Waals surface area contributed by atoms with Crippen LogP contribution in [0.5, 0.6) is 0 Å². The Morgan fingerprint density at radius 2 is 0.465 bits per heavy atom. The largest absolute Gasteiger partial charge is 0.261 e. The molecule has 0 fully saturated rings. The Morgan fingerprint density at radius 3 is 0.677 bits per heavy atom. The van der Waals surface area contributed by atoms with Crippen molar-refractivity contribution in [2.75, 3.05) is 0 Å². The third kappa shape index (κ3) is 46.9. The fourth-order valence-electron chi connectivity index (χ4n) is 11.0. The summed E-state index contributed by atoms with van der Waals surface area (Å²) < 4.78 is 4.43. The molecule has 2 aromatic carbocycles. The molecule has 0 atom stereocenters. The van der Waals surface area contributed by atoms with Crippen molar-refractivity contribution in [2.24, 2.45) is 5.41 Å². The van der Waals surface area contributed by atoms with Crippen LogP contribution in [0.2, 0.25) is 0 Å². The van der Waals surface area contributed by atoms with Gasteiger partial charge in [0.1, 0.15) is 6.33 Å². The van der Waals surface area contributed by atoms with Crippen molar-refractivity contribution < 1.29 is 9.13 Å². The smallest absolute Gasteiger partial charge is 0.233 e. The molecule has 0 aliphatic heterocycles. The van der Waals surface area contributed by atoms with Crippen LogP contribution in [-0.2, 0) is 92.3 Å². The lowest BCUT2D eigenvalue weighted by molar-refractivity contribution is -0.803. The SMILES string of the molecule is CC(C)(C)C.CC(C)(C)[n+]1cc[n+](C(C)(C)C)cc1.CC(C)(C)c1ccc(C(C)(C)C)cc1.CC(C)(C)c1cccc(C(C)(C)C)n1.CC(C)(C)c1ccccc1C(C)(C)C.CC(C)(C)c1cncc(C(C)(C)C)n1.CC(C)(C)c1cncnc1.CC(C)(C)c1cnnc(C(C)(C)C)n1.CC(C)(C)c1cnnc(C(C)(C)C)n1.CC(C)(C)c1nccnc1C(C)(C)C. The minimum Gasteiger partial charge on any atom is -0.261 e. The van der Waals surface area contributed by atoms with E-state index < -0.39 is 0 Å². The van der Waals surface area contributed by atoms with Crippen LogP contribution < -0.4 is 9.13 Å². The Kier molecular flexibility index (Phi) is 42.8. The van der Waals surface area contributed by atoms with Gasteiger partial charge in [-0.2, -0.15) is 19.3 Å². The van der Waals surface area contributed by atoms with Gasteiger partial charge in [0.15, 0.2) is 22.7 Å². The molecule has 0 saturated carbocycles. The molecule has 0 bridgehead atoms. The molecular formula is C112H189N15+2. The number of aromatic nitrogens is 15. The lowest BCUT2D eigenvalue weighted by Gasteiger charge is -2.29. The summed E-state index contributed by atoms with van der Waals surface area (Å²) in [5.41, 5.74) is 18.2. The Morgan fingerprint density at radius 1 is 0.213 bits per heavy atom. The highest BCUT2D eigenvalue weighted by Gasteiger charge is 2.32. The summed E-state index contributed by atoms with van der Waals surface area (Å²) in [7, 11) is 0. The first kappa shape index (κ1) is 119. The third-order valence-corrected chi connectivity index (χ3v) is 19.5. The van der Waals surface area contributed by atoms with E-state index in [1.165, 1.54) is 39.2 Å². The highest BCUT2D eigenvalue weighted by Crippen LogP contribution is 2.36. The standard InChI is InChI=1S/2C14H22.C13H21N.C12H22N2.2C12H20N2.2C11H19N3.C8H12N2.C5H12/c1-13(2,3)11-7-9-12(10-8-11)14(4,5)6;1-13(2,3)11-9-7-8-10-12(11)14(4,5)6;1-12(2,3)10-8-7-9-11(14-10)13(4,5)6;1-11(2,3)13-7-9-14(10-8-13)12(4,5)6;1-11(2,3)9-7-13-8-10(14-9)12(4,5)6;1-11(2,3)9-10(12(4,5)6)14-8-7-13-9;2*1-10(2,3)8-7-12-14-9(13-8)11(4,5)6;1-8(2,3)7-4-9-6-10-5-7;1-5(2,3)4/h2*7-10H,1-6H3;7-9H,1-6H3;7-10H,1-6H3;2*7-8H,1-6H3;2*7H,1-6H3;4-6H,1-3H3;1-4H3/q;;;+2;;;;;;. The van der Waals surface area contributed by atoms with E-state index in [4.69, 9.17) is 4.98 Å². The second-order valence-corrected chi connectivity index (χ2v) is 53.0. The van der Waals surface area contributed by atoms with Gasteiger partial charge in [-0.25, -0.2) is 19.9 Å². The molecule has 0 amide bonds. The number of rotatable bonds is 0. The summed E-state index contributed by atoms with van der Waals surface area (Å²) >= 11 is 0. The fourth-order valence-corrected chi connectivity index (χ4v) is 11.0. The average Bonchev–Trinajstić information content (AvgIpc) is 0.819. The Bertz CT molecular complexity index is 4000. The summed E-state index contributed by atoms with van der Waals surface area (Å²) in [6.45, 7) is 120. The van der Waals surface area contributed by atoms with Crippen LogP contribution in [0, 0.1) is 5.41 Å². The summed E-state index contributed by atoms with van der Waals surface area (Å²) in [5, 5.41) is 16.1. The van der Waals surface area contributed by atoms with Gasteiger partial charge in [-0.05, 0) is 72.4 Å². The molecule has 0 spiro atoms. The molecule has 15 heteroatoms. The van der Waals surface area contributed by atoms with Gasteiger partial charge in [0.25, 0.3) is 0 Å². The zero-order chi connectivity index (χ0) is 100.0. The molecule has 9 rings (SSSR count). The molecule has 15 nitrogen and oxygen atoms in total. The first-order valence-corrected chi connectivity index (χ1v) is 46.3. The Labute approximate surface area is 780 Å².